The Morgan fingerprint density at radius 2 is 1.97 bits per heavy atom. The van der Waals surface area contributed by atoms with Crippen molar-refractivity contribution >= 4 is 5.65 Å². The molecule has 0 spiro atoms. The first-order valence-corrected chi connectivity index (χ1v) is 10.1. The van der Waals surface area contributed by atoms with Crippen LogP contribution in [-0.4, -0.2) is 45.8 Å². The Labute approximate surface area is 170 Å². The first-order valence-electron chi connectivity index (χ1n) is 10.1. The van der Waals surface area contributed by atoms with E-state index in [4.69, 9.17) is 14.5 Å². The Balaban J connectivity index is 1.52. The van der Waals surface area contributed by atoms with Crippen molar-refractivity contribution in [1.82, 2.24) is 19.5 Å². The van der Waals surface area contributed by atoms with Crippen LogP contribution >= 0.6 is 0 Å². The van der Waals surface area contributed by atoms with Gasteiger partial charge in [-0.3, -0.25) is 14.8 Å². The molecule has 0 fully saturated rings. The number of nitrogens with zero attached hydrogens (tertiary/aromatic N) is 3. The van der Waals surface area contributed by atoms with E-state index in [1.807, 2.05) is 39.0 Å². The molecule has 1 N–H and O–H groups in total. The van der Waals surface area contributed by atoms with Gasteiger partial charge in [0, 0.05) is 43.4 Å². The van der Waals surface area contributed by atoms with Crippen LogP contribution in [0.4, 0.5) is 0 Å². The zero-order chi connectivity index (χ0) is 20.5. The van der Waals surface area contributed by atoms with E-state index in [0.29, 0.717) is 12.1 Å². The molecule has 7 heteroatoms. The summed E-state index contributed by atoms with van der Waals surface area (Å²) in [5.41, 5.74) is 4.58. The fourth-order valence-electron chi connectivity index (χ4n) is 3.91. The van der Waals surface area contributed by atoms with Crippen LogP contribution in [0.2, 0.25) is 0 Å². The molecule has 3 heterocycles. The van der Waals surface area contributed by atoms with Crippen LogP contribution in [0.15, 0.2) is 29.1 Å². The molecule has 0 saturated heterocycles. The Hall–Kier alpha value is -2.80. The maximum Gasteiger partial charge on any atom is 0.276 e. The summed E-state index contributed by atoms with van der Waals surface area (Å²) in [6.07, 6.45) is 1.57. The number of aromatic nitrogens is 3. The normalized spacial score (nSPS) is 14.8. The summed E-state index contributed by atoms with van der Waals surface area (Å²) in [5.74, 6) is 1.51. The minimum atomic E-state index is 0.0248. The third kappa shape index (κ3) is 4.00. The lowest BCUT2D eigenvalue weighted by Crippen LogP contribution is -2.26. The molecule has 3 aromatic rings. The number of ether oxygens (including phenoxy) is 2. The second-order valence-corrected chi connectivity index (χ2v) is 7.90. The van der Waals surface area contributed by atoms with E-state index >= 15 is 0 Å². The number of fused-ring (bicyclic) bond motifs is 2. The van der Waals surface area contributed by atoms with E-state index in [2.05, 4.69) is 16.1 Å². The van der Waals surface area contributed by atoms with E-state index in [-0.39, 0.29) is 11.7 Å². The van der Waals surface area contributed by atoms with Crippen LogP contribution in [0.25, 0.3) is 5.65 Å². The van der Waals surface area contributed by atoms with E-state index < -0.39 is 0 Å². The van der Waals surface area contributed by atoms with Crippen LogP contribution in [0.5, 0.6) is 11.5 Å². The average molecular weight is 396 g/mol. The van der Waals surface area contributed by atoms with Crippen LogP contribution in [0.3, 0.4) is 0 Å². The summed E-state index contributed by atoms with van der Waals surface area (Å²) in [6.45, 7) is 8.42. The smallest absolute Gasteiger partial charge is 0.276 e. The van der Waals surface area contributed by atoms with Gasteiger partial charge in [0.15, 0.2) is 17.1 Å². The lowest BCUT2D eigenvalue weighted by atomic mass is 10.1. The number of methoxy groups -OCH3 is 1. The molecule has 0 aliphatic carbocycles. The molecule has 1 aliphatic rings. The first-order chi connectivity index (χ1) is 13.9. The van der Waals surface area contributed by atoms with Gasteiger partial charge in [-0.25, -0.2) is 9.50 Å². The van der Waals surface area contributed by atoms with E-state index in [9.17, 15) is 4.79 Å². The molecule has 7 nitrogen and oxygen atoms in total. The number of benzene rings is 1. The van der Waals surface area contributed by atoms with Crippen molar-refractivity contribution < 1.29 is 9.47 Å². The highest BCUT2D eigenvalue weighted by molar-refractivity contribution is 5.43. The molecule has 0 radical (unpaired) electrons. The highest BCUT2D eigenvalue weighted by Gasteiger charge is 2.20. The standard InChI is InChI=1S/C22H28N4O3/c1-14(2)29-19-6-5-16(12-20(19)28-4)13-25-9-7-17-18(8-10-25)23-21-11-15(3)24-26(21)22(17)27/h5-6,11-12,14,24H,7-10,13H2,1-4H3. The Morgan fingerprint density at radius 1 is 1.17 bits per heavy atom. The van der Waals surface area contributed by atoms with E-state index in [0.717, 1.165) is 60.1 Å². The number of nitrogens with one attached hydrogen (secondary N) is 1. The largest absolute Gasteiger partial charge is 0.493 e. The fraction of sp³-hybridized carbons (Fsp3) is 0.455. The molecular formula is C22H28N4O3. The average Bonchev–Trinajstić information content (AvgIpc) is 2.94. The van der Waals surface area contributed by atoms with Gasteiger partial charge < -0.3 is 9.47 Å². The van der Waals surface area contributed by atoms with Crippen molar-refractivity contribution in [3.8, 4) is 11.5 Å². The third-order valence-corrected chi connectivity index (χ3v) is 5.26. The molecule has 0 amide bonds. The monoisotopic (exact) mass is 396 g/mol. The molecule has 0 bridgehead atoms. The van der Waals surface area contributed by atoms with E-state index in [1.54, 1.807) is 11.6 Å². The number of hydrogen-bond donors (Lipinski definition) is 1. The van der Waals surface area contributed by atoms with Gasteiger partial charge in [0.25, 0.3) is 5.56 Å². The van der Waals surface area contributed by atoms with Crippen molar-refractivity contribution in [2.75, 3.05) is 20.2 Å². The lowest BCUT2D eigenvalue weighted by molar-refractivity contribution is 0.229. The summed E-state index contributed by atoms with van der Waals surface area (Å²) in [4.78, 5) is 20.0. The molecule has 0 unspecified atom stereocenters. The molecule has 0 saturated carbocycles. The first kappa shape index (κ1) is 19.5. The lowest BCUT2D eigenvalue weighted by Gasteiger charge is -2.21. The van der Waals surface area contributed by atoms with Gasteiger partial charge >= 0.3 is 0 Å². The Bertz CT molecular complexity index is 1080. The maximum absolute atomic E-state index is 12.9. The Morgan fingerprint density at radius 3 is 2.72 bits per heavy atom. The number of rotatable bonds is 5. The molecule has 2 aromatic heterocycles. The zero-order valence-corrected chi connectivity index (χ0v) is 17.5. The minimum Gasteiger partial charge on any atom is -0.493 e. The predicted molar refractivity (Wildman–Crippen MR) is 112 cm³/mol. The molecule has 1 aromatic carbocycles. The van der Waals surface area contributed by atoms with Crippen LogP contribution in [-0.2, 0) is 19.4 Å². The quantitative estimate of drug-likeness (QED) is 0.718. The van der Waals surface area contributed by atoms with Gasteiger partial charge in [0.05, 0.1) is 18.9 Å². The summed E-state index contributed by atoms with van der Waals surface area (Å²) < 4.78 is 12.9. The number of aryl methyl sites for hydroxylation is 1. The van der Waals surface area contributed by atoms with Gasteiger partial charge in [0.1, 0.15) is 0 Å². The summed E-state index contributed by atoms with van der Waals surface area (Å²) in [7, 11) is 1.66. The number of aromatic amines is 1. The number of H-pyrrole nitrogens is 1. The predicted octanol–water partition coefficient (Wildman–Crippen LogP) is 2.73. The van der Waals surface area contributed by atoms with Gasteiger partial charge in [-0.2, -0.15) is 0 Å². The number of hydrogen-bond acceptors (Lipinski definition) is 5. The molecule has 4 rings (SSSR count). The van der Waals surface area contributed by atoms with Gasteiger partial charge in [-0.05, 0) is 44.9 Å². The van der Waals surface area contributed by atoms with Crippen molar-refractivity contribution in [1.29, 1.82) is 0 Å². The molecule has 154 valence electrons. The maximum atomic E-state index is 12.9. The topological polar surface area (TPSA) is 71.9 Å². The minimum absolute atomic E-state index is 0.0248. The molecular weight excluding hydrogens is 368 g/mol. The van der Waals surface area contributed by atoms with Crippen LogP contribution in [0, 0.1) is 6.92 Å². The molecule has 29 heavy (non-hydrogen) atoms. The summed E-state index contributed by atoms with van der Waals surface area (Å²) in [6, 6.07) is 8.00. The van der Waals surface area contributed by atoms with Gasteiger partial charge in [0.2, 0.25) is 0 Å². The SMILES string of the molecule is COc1cc(CN2CCc3nc4cc(C)[nH]n4c(=O)c3CC2)ccc1OC(C)C. The second-order valence-electron chi connectivity index (χ2n) is 7.90. The Kier molecular flexibility index (Phi) is 5.32. The van der Waals surface area contributed by atoms with Crippen molar-refractivity contribution in [3.05, 3.63) is 57.1 Å². The zero-order valence-electron chi connectivity index (χ0n) is 17.5. The van der Waals surface area contributed by atoms with Crippen molar-refractivity contribution in [2.45, 2.75) is 46.3 Å². The fourth-order valence-corrected chi connectivity index (χ4v) is 3.91. The third-order valence-electron chi connectivity index (χ3n) is 5.26. The summed E-state index contributed by atoms with van der Waals surface area (Å²) >= 11 is 0. The molecule has 1 aliphatic heterocycles. The summed E-state index contributed by atoms with van der Waals surface area (Å²) in [5, 5.41) is 3.08. The van der Waals surface area contributed by atoms with Crippen molar-refractivity contribution in [3.63, 3.8) is 0 Å². The van der Waals surface area contributed by atoms with Gasteiger partial charge in [-0.15, -0.1) is 0 Å². The highest BCUT2D eigenvalue weighted by atomic mass is 16.5. The van der Waals surface area contributed by atoms with Crippen molar-refractivity contribution in [2.24, 2.45) is 0 Å². The van der Waals surface area contributed by atoms with Gasteiger partial charge in [-0.1, -0.05) is 6.07 Å². The van der Waals surface area contributed by atoms with Crippen LogP contribution < -0.4 is 15.0 Å². The second kappa shape index (κ2) is 7.91. The van der Waals surface area contributed by atoms with E-state index in [1.165, 1.54) is 0 Å². The van der Waals surface area contributed by atoms with Crippen LogP contribution in [0.1, 0.15) is 36.4 Å². The highest BCUT2D eigenvalue weighted by Crippen LogP contribution is 2.29. The molecule has 0 atom stereocenters.